The van der Waals surface area contributed by atoms with E-state index in [1.54, 1.807) is 6.08 Å². The molecule has 3 aliphatic rings. The van der Waals surface area contributed by atoms with Gasteiger partial charge in [-0.2, -0.15) is 0 Å². The molecule has 0 aromatic rings. The average Bonchev–Trinajstić information content (AvgIpc) is 3.44. The second-order valence-corrected chi connectivity index (χ2v) is 8.49. The number of hydrogen-bond acceptors (Lipinski definition) is 6. The van der Waals surface area contributed by atoms with Gasteiger partial charge < -0.3 is 25.4 Å². The van der Waals surface area contributed by atoms with Gasteiger partial charge in [-0.15, -0.1) is 0 Å². The maximum Gasteiger partial charge on any atom is 0.303 e. The molecule has 1 aliphatic heterocycles. The molecule has 29 heavy (non-hydrogen) atoms. The number of carboxylic acids is 1. The molecule has 0 unspecified atom stereocenters. The number of allylic oxidation sites excluding steroid dienone is 1. The Bertz CT molecular complexity index is 663. The Morgan fingerprint density at radius 1 is 1.17 bits per heavy atom. The van der Waals surface area contributed by atoms with E-state index in [0.29, 0.717) is 6.42 Å². The van der Waals surface area contributed by atoms with E-state index in [0.717, 1.165) is 44.9 Å². The fourth-order valence-corrected chi connectivity index (χ4v) is 4.61. The van der Waals surface area contributed by atoms with Crippen LogP contribution in [-0.2, 0) is 19.1 Å². The third kappa shape index (κ3) is 5.24. The van der Waals surface area contributed by atoms with Crippen molar-refractivity contribution in [1.29, 1.82) is 0 Å². The van der Waals surface area contributed by atoms with Crippen LogP contribution in [0.15, 0.2) is 12.2 Å². The quantitative estimate of drug-likeness (QED) is 0.228. The summed E-state index contributed by atoms with van der Waals surface area (Å²) in [5, 5.41) is 32.4. The molecule has 3 fully saturated rings. The first-order chi connectivity index (χ1) is 13.8. The second-order valence-electron chi connectivity index (χ2n) is 8.49. The van der Waals surface area contributed by atoms with E-state index in [2.05, 4.69) is 5.32 Å². The van der Waals surface area contributed by atoms with Crippen molar-refractivity contribution in [2.45, 2.75) is 94.2 Å². The van der Waals surface area contributed by atoms with Gasteiger partial charge in [-0.25, -0.2) is 0 Å². The van der Waals surface area contributed by atoms with Crippen LogP contribution in [0.4, 0.5) is 0 Å². The topological polar surface area (TPSA) is 136 Å². The number of unbranched alkanes of at least 4 members (excludes halogenated alkanes) is 6. The summed E-state index contributed by atoms with van der Waals surface area (Å²) in [5.74, 6) is -2.15. The number of ketones is 1. The van der Waals surface area contributed by atoms with Crippen molar-refractivity contribution in [3.63, 3.8) is 0 Å². The van der Waals surface area contributed by atoms with Gasteiger partial charge in [-0.1, -0.05) is 31.8 Å². The summed E-state index contributed by atoms with van der Waals surface area (Å²) in [5.41, 5.74) is -1.60. The molecule has 2 aliphatic carbocycles. The number of amides is 1. The van der Waals surface area contributed by atoms with Crippen LogP contribution in [0.5, 0.6) is 0 Å². The average molecular weight is 409 g/mol. The van der Waals surface area contributed by atoms with Crippen molar-refractivity contribution in [3.8, 4) is 0 Å². The fourth-order valence-electron chi connectivity index (χ4n) is 4.61. The standard InChI is InChI=1S/C21H31NO7/c23-16(9-7-5-3-1-2-4-6-8-10-17(24)25)22-14-12-21(28)19(27)13(18(14)26)11-15-20(21)29-15/h7,9,13-15,18,20,26,28H,1-6,8,10-12H2,(H,22,23)(H,24,25)/b9-7+/t13-,14+,15+,18-,20+,21-/m1/s1. The molecule has 2 bridgehead atoms. The maximum absolute atomic E-state index is 12.4. The molecular formula is C21H31NO7. The van der Waals surface area contributed by atoms with E-state index in [9.17, 15) is 24.6 Å². The van der Waals surface area contributed by atoms with Gasteiger partial charge in [-0.3, -0.25) is 14.4 Å². The van der Waals surface area contributed by atoms with Crippen molar-refractivity contribution in [1.82, 2.24) is 5.32 Å². The summed E-state index contributed by atoms with van der Waals surface area (Å²) >= 11 is 0. The van der Waals surface area contributed by atoms with E-state index < -0.39 is 35.7 Å². The Morgan fingerprint density at radius 3 is 2.59 bits per heavy atom. The molecule has 162 valence electrons. The molecule has 8 heteroatoms. The Hall–Kier alpha value is -1.77. The van der Waals surface area contributed by atoms with Gasteiger partial charge >= 0.3 is 5.97 Å². The second kappa shape index (κ2) is 9.36. The van der Waals surface area contributed by atoms with Crippen LogP contribution in [0.2, 0.25) is 0 Å². The molecule has 1 amide bonds. The number of nitrogens with one attached hydrogen (secondary N) is 1. The number of ether oxygens (including phenoxy) is 1. The van der Waals surface area contributed by atoms with Crippen LogP contribution < -0.4 is 5.32 Å². The minimum absolute atomic E-state index is 0.0217. The number of fused-ring (bicyclic) bond motifs is 4. The minimum Gasteiger partial charge on any atom is -0.481 e. The minimum atomic E-state index is -1.60. The zero-order valence-corrected chi connectivity index (χ0v) is 16.6. The lowest BCUT2D eigenvalue weighted by atomic mass is 9.65. The number of carboxylic acid groups (broad SMARTS) is 1. The van der Waals surface area contributed by atoms with E-state index in [1.807, 2.05) is 0 Å². The van der Waals surface area contributed by atoms with Crippen molar-refractivity contribution in [2.24, 2.45) is 5.92 Å². The van der Waals surface area contributed by atoms with Gasteiger partial charge in [0.05, 0.1) is 24.2 Å². The molecule has 0 spiro atoms. The van der Waals surface area contributed by atoms with E-state index >= 15 is 0 Å². The first-order valence-electron chi connectivity index (χ1n) is 10.6. The number of aliphatic hydroxyl groups is 2. The lowest BCUT2D eigenvalue weighted by Crippen LogP contribution is -2.66. The predicted octanol–water partition coefficient (Wildman–Crippen LogP) is 1.08. The van der Waals surface area contributed by atoms with Crippen LogP contribution >= 0.6 is 0 Å². The summed E-state index contributed by atoms with van der Waals surface area (Å²) in [4.78, 5) is 34.9. The highest BCUT2D eigenvalue weighted by atomic mass is 16.6. The number of epoxide rings is 1. The first-order valence-corrected chi connectivity index (χ1v) is 10.6. The Morgan fingerprint density at radius 2 is 1.86 bits per heavy atom. The molecule has 8 nitrogen and oxygen atoms in total. The summed E-state index contributed by atoms with van der Waals surface area (Å²) < 4.78 is 5.38. The molecule has 3 rings (SSSR count). The number of Topliss-reactive ketones (excluding diaryl/α,β-unsaturated/α-hetero) is 1. The normalized spacial score (nSPS) is 35.4. The zero-order valence-electron chi connectivity index (χ0n) is 16.6. The Kier molecular flexibility index (Phi) is 7.08. The highest BCUT2D eigenvalue weighted by Gasteiger charge is 2.68. The smallest absolute Gasteiger partial charge is 0.303 e. The van der Waals surface area contributed by atoms with Gasteiger partial charge in [-0.05, 0) is 31.8 Å². The molecule has 2 saturated carbocycles. The van der Waals surface area contributed by atoms with E-state index in [1.165, 1.54) is 6.08 Å². The Labute approximate surface area is 170 Å². The third-order valence-corrected chi connectivity index (χ3v) is 6.27. The molecule has 0 aromatic heterocycles. The monoisotopic (exact) mass is 409 g/mol. The summed E-state index contributed by atoms with van der Waals surface area (Å²) in [6.07, 6.45) is 8.61. The molecule has 1 saturated heterocycles. The number of aliphatic carboxylic acids is 1. The van der Waals surface area contributed by atoms with E-state index in [-0.39, 0.29) is 30.6 Å². The first kappa shape index (κ1) is 21.9. The number of carbonyl (C=O) groups excluding carboxylic acids is 2. The van der Waals surface area contributed by atoms with Crippen LogP contribution in [-0.4, -0.2) is 62.9 Å². The Balaban J connectivity index is 1.32. The van der Waals surface area contributed by atoms with Gasteiger partial charge in [0.25, 0.3) is 0 Å². The molecule has 0 aromatic carbocycles. The predicted molar refractivity (Wildman–Crippen MR) is 103 cm³/mol. The summed E-state index contributed by atoms with van der Waals surface area (Å²) in [6.45, 7) is 0. The maximum atomic E-state index is 12.4. The summed E-state index contributed by atoms with van der Waals surface area (Å²) in [7, 11) is 0. The molecule has 6 atom stereocenters. The zero-order chi connectivity index (χ0) is 21.0. The van der Waals surface area contributed by atoms with Gasteiger partial charge in [0.15, 0.2) is 11.4 Å². The lowest BCUT2D eigenvalue weighted by molar-refractivity contribution is -0.162. The van der Waals surface area contributed by atoms with Crippen molar-refractivity contribution < 1.29 is 34.4 Å². The highest BCUT2D eigenvalue weighted by Crippen LogP contribution is 2.50. The molecule has 1 heterocycles. The fraction of sp³-hybridized carbons (Fsp3) is 0.762. The third-order valence-electron chi connectivity index (χ3n) is 6.27. The van der Waals surface area contributed by atoms with Crippen LogP contribution in [0.1, 0.15) is 64.2 Å². The summed E-state index contributed by atoms with van der Waals surface area (Å²) in [6, 6.07) is -0.671. The number of carbonyl (C=O) groups is 3. The molecule has 4 N–H and O–H groups in total. The van der Waals surface area contributed by atoms with Gasteiger partial charge in [0.2, 0.25) is 5.91 Å². The highest BCUT2D eigenvalue weighted by molar-refractivity contribution is 5.94. The number of rotatable bonds is 11. The SMILES string of the molecule is O=C(O)CCCCCCCC/C=C/C(=O)N[C@H]1C[C@@]2(O)C(=O)[C@H](C[C@@H]3O[C@@H]32)[C@H]1O. The van der Waals surface area contributed by atoms with Gasteiger partial charge in [0.1, 0.15) is 6.10 Å². The largest absolute Gasteiger partial charge is 0.481 e. The van der Waals surface area contributed by atoms with Crippen molar-refractivity contribution >= 4 is 17.7 Å². The van der Waals surface area contributed by atoms with Crippen LogP contribution in [0.25, 0.3) is 0 Å². The van der Waals surface area contributed by atoms with E-state index in [4.69, 9.17) is 9.84 Å². The lowest BCUT2D eigenvalue weighted by Gasteiger charge is -2.44. The molecular weight excluding hydrogens is 378 g/mol. The number of hydrogen-bond donors (Lipinski definition) is 4. The van der Waals surface area contributed by atoms with Crippen LogP contribution in [0, 0.1) is 5.92 Å². The van der Waals surface area contributed by atoms with Crippen molar-refractivity contribution in [2.75, 3.05) is 0 Å². The van der Waals surface area contributed by atoms with Gasteiger partial charge in [0, 0.05) is 12.8 Å². The van der Waals surface area contributed by atoms with Crippen LogP contribution in [0.3, 0.4) is 0 Å². The molecule has 0 radical (unpaired) electrons. The van der Waals surface area contributed by atoms with Crippen molar-refractivity contribution in [3.05, 3.63) is 12.2 Å². The number of aliphatic hydroxyl groups excluding tert-OH is 1.